The van der Waals surface area contributed by atoms with Crippen LogP contribution in [0.4, 0.5) is 18.9 Å². The zero-order chi connectivity index (χ0) is 14.0. The summed E-state index contributed by atoms with van der Waals surface area (Å²) in [5.41, 5.74) is -0.191. The van der Waals surface area contributed by atoms with E-state index in [9.17, 15) is 18.0 Å². The molecule has 0 radical (unpaired) electrons. The van der Waals surface area contributed by atoms with E-state index in [0.717, 1.165) is 25.0 Å². The molecule has 1 aliphatic heterocycles. The molecule has 0 aliphatic carbocycles. The number of halogens is 3. The second kappa shape index (κ2) is 5.21. The molecule has 104 valence electrons. The van der Waals surface area contributed by atoms with Crippen LogP contribution in [0.2, 0.25) is 0 Å². The number of amides is 1. The Hall–Kier alpha value is -1.56. The van der Waals surface area contributed by atoms with Crippen LogP contribution in [-0.4, -0.2) is 25.5 Å². The fourth-order valence-corrected chi connectivity index (χ4v) is 2.23. The van der Waals surface area contributed by atoms with E-state index in [-0.39, 0.29) is 11.9 Å². The van der Waals surface area contributed by atoms with Gasteiger partial charge in [-0.05, 0) is 44.2 Å². The molecule has 1 heterocycles. The summed E-state index contributed by atoms with van der Waals surface area (Å²) in [5, 5.41) is 2.92. The zero-order valence-corrected chi connectivity index (χ0v) is 10.5. The van der Waals surface area contributed by atoms with E-state index < -0.39 is 11.7 Å². The van der Waals surface area contributed by atoms with Crippen molar-refractivity contribution in [3.63, 3.8) is 0 Å². The fraction of sp³-hybridized carbons (Fsp3) is 0.462. The Morgan fingerprint density at radius 1 is 1.26 bits per heavy atom. The first-order chi connectivity index (χ1) is 8.93. The Morgan fingerprint density at radius 2 is 1.89 bits per heavy atom. The van der Waals surface area contributed by atoms with Crippen LogP contribution in [0.5, 0.6) is 0 Å². The number of nitrogens with one attached hydrogen (secondary N) is 1. The van der Waals surface area contributed by atoms with Crippen molar-refractivity contribution in [2.45, 2.75) is 25.1 Å². The van der Waals surface area contributed by atoms with Crippen LogP contribution in [0, 0.1) is 0 Å². The van der Waals surface area contributed by atoms with E-state index >= 15 is 0 Å². The number of benzene rings is 1. The number of likely N-dealkylation sites (N-methyl/N-ethyl adjacent to an activating group) is 1. The van der Waals surface area contributed by atoms with Crippen LogP contribution in [0.15, 0.2) is 24.3 Å². The summed E-state index contributed by atoms with van der Waals surface area (Å²) in [4.78, 5) is 13.6. The minimum atomic E-state index is -4.35. The number of anilines is 1. The van der Waals surface area contributed by atoms with Gasteiger partial charge < -0.3 is 10.2 Å². The number of carbonyl (C=O) groups is 1. The number of piperidine rings is 1. The van der Waals surface area contributed by atoms with Crippen LogP contribution in [0.25, 0.3) is 0 Å². The normalized spacial score (nSPS) is 20.7. The van der Waals surface area contributed by atoms with E-state index in [1.54, 1.807) is 7.05 Å². The molecule has 0 aromatic heterocycles. The van der Waals surface area contributed by atoms with Crippen molar-refractivity contribution < 1.29 is 18.0 Å². The maximum Gasteiger partial charge on any atom is 0.416 e. The number of alkyl halides is 3. The van der Waals surface area contributed by atoms with Crippen molar-refractivity contribution in [2.24, 2.45) is 0 Å². The lowest BCUT2D eigenvalue weighted by Gasteiger charge is -2.32. The molecule has 6 heteroatoms. The predicted octanol–water partition coefficient (Wildman–Crippen LogP) is 2.42. The highest BCUT2D eigenvalue weighted by Crippen LogP contribution is 2.31. The average Bonchev–Trinajstić information content (AvgIpc) is 2.38. The van der Waals surface area contributed by atoms with Gasteiger partial charge in [0, 0.05) is 12.2 Å². The highest BCUT2D eigenvalue weighted by molar-refractivity contribution is 5.97. The van der Waals surface area contributed by atoms with E-state index in [2.05, 4.69) is 5.32 Å². The molecule has 1 saturated heterocycles. The number of hydrogen-bond acceptors (Lipinski definition) is 2. The van der Waals surface area contributed by atoms with Crippen LogP contribution >= 0.6 is 0 Å². The Bertz CT molecular complexity index is 456. The third kappa shape index (κ3) is 2.89. The van der Waals surface area contributed by atoms with Gasteiger partial charge in [0.2, 0.25) is 5.91 Å². The molecule has 1 fully saturated rings. The van der Waals surface area contributed by atoms with Crippen LogP contribution < -0.4 is 10.2 Å². The van der Waals surface area contributed by atoms with Gasteiger partial charge in [-0.1, -0.05) is 0 Å². The average molecular weight is 272 g/mol. The van der Waals surface area contributed by atoms with Crippen molar-refractivity contribution >= 4 is 11.6 Å². The molecule has 0 spiro atoms. The van der Waals surface area contributed by atoms with Gasteiger partial charge in [0.25, 0.3) is 0 Å². The predicted molar refractivity (Wildman–Crippen MR) is 65.9 cm³/mol. The van der Waals surface area contributed by atoms with E-state index in [0.29, 0.717) is 12.2 Å². The highest BCUT2D eigenvalue weighted by atomic mass is 19.4. The Morgan fingerprint density at radius 3 is 2.42 bits per heavy atom. The standard InChI is InChI=1S/C13H15F3N2O/c1-17-11-3-2-8-18(12(11)19)10-6-4-9(5-7-10)13(14,15)16/h4-7,11,17H,2-3,8H2,1H3. The van der Waals surface area contributed by atoms with Gasteiger partial charge in [-0.25, -0.2) is 0 Å². The number of rotatable bonds is 2. The second-order valence-electron chi connectivity index (χ2n) is 4.52. The zero-order valence-electron chi connectivity index (χ0n) is 10.5. The molecule has 1 aromatic carbocycles. The topological polar surface area (TPSA) is 32.3 Å². The smallest absolute Gasteiger partial charge is 0.311 e. The molecule has 1 unspecified atom stereocenters. The Balaban J connectivity index is 2.20. The van der Waals surface area contributed by atoms with Crippen molar-refractivity contribution in [1.82, 2.24) is 5.32 Å². The van der Waals surface area contributed by atoms with Gasteiger partial charge in [0.05, 0.1) is 11.6 Å². The van der Waals surface area contributed by atoms with Crippen molar-refractivity contribution in [3.05, 3.63) is 29.8 Å². The van der Waals surface area contributed by atoms with Crippen molar-refractivity contribution in [1.29, 1.82) is 0 Å². The van der Waals surface area contributed by atoms with Gasteiger partial charge in [0.1, 0.15) is 0 Å². The number of carbonyl (C=O) groups excluding carboxylic acids is 1. The lowest BCUT2D eigenvalue weighted by Crippen LogP contribution is -2.49. The van der Waals surface area contributed by atoms with Gasteiger partial charge in [-0.3, -0.25) is 4.79 Å². The summed E-state index contributed by atoms with van der Waals surface area (Å²) in [6, 6.07) is 4.45. The van der Waals surface area contributed by atoms with Gasteiger partial charge >= 0.3 is 6.18 Å². The van der Waals surface area contributed by atoms with Crippen molar-refractivity contribution in [2.75, 3.05) is 18.5 Å². The van der Waals surface area contributed by atoms with Crippen LogP contribution in [0.3, 0.4) is 0 Å². The molecule has 0 saturated carbocycles. The summed E-state index contributed by atoms with van der Waals surface area (Å²) in [7, 11) is 1.71. The molecule has 3 nitrogen and oxygen atoms in total. The summed E-state index contributed by atoms with van der Waals surface area (Å²) in [6.07, 6.45) is -2.76. The molecule has 0 bridgehead atoms. The summed E-state index contributed by atoms with van der Waals surface area (Å²) in [6.45, 7) is 0.544. The first kappa shape index (κ1) is 13.9. The first-order valence-electron chi connectivity index (χ1n) is 6.09. The summed E-state index contributed by atoms with van der Waals surface area (Å²) >= 11 is 0. The van der Waals surface area contributed by atoms with Gasteiger partial charge in [-0.15, -0.1) is 0 Å². The lowest BCUT2D eigenvalue weighted by atomic mass is 10.0. The largest absolute Gasteiger partial charge is 0.416 e. The number of hydrogen-bond donors (Lipinski definition) is 1. The fourth-order valence-electron chi connectivity index (χ4n) is 2.23. The lowest BCUT2D eigenvalue weighted by molar-refractivity contribution is -0.137. The van der Waals surface area contributed by atoms with E-state index in [1.807, 2.05) is 0 Å². The molecule has 1 amide bonds. The number of nitrogens with zero attached hydrogens (tertiary/aromatic N) is 1. The minimum absolute atomic E-state index is 0.0893. The molecule has 1 aromatic rings. The molecule has 2 rings (SSSR count). The van der Waals surface area contributed by atoms with E-state index in [1.165, 1.54) is 17.0 Å². The third-order valence-corrected chi connectivity index (χ3v) is 3.29. The van der Waals surface area contributed by atoms with Crippen molar-refractivity contribution in [3.8, 4) is 0 Å². The van der Waals surface area contributed by atoms with Crippen LogP contribution in [0.1, 0.15) is 18.4 Å². The molecular weight excluding hydrogens is 257 g/mol. The third-order valence-electron chi connectivity index (χ3n) is 3.29. The summed E-state index contributed by atoms with van der Waals surface area (Å²) in [5.74, 6) is -0.0893. The molecule has 1 aliphatic rings. The Labute approximate surface area is 109 Å². The highest BCUT2D eigenvalue weighted by Gasteiger charge is 2.32. The van der Waals surface area contributed by atoms with Gasteiger partial charge in [0.15, 0.2) is 0 Å². The molecule has 1 N–H and O–H groups in total. The first-order valence-corrected chi connectivity index (χ1v) is 6.09. The maximum absolute atomic E-state index is 12.5. The molecular formula is C13H15F3N2O. The second-order valence-corrected chi connectivity index (χ2v) is 4.52. The van der Waals surface area contributed by atoms with Crippen LogP contribution in [-0.2, 0) is 11.0 Å². The summed E-state index contributed by atoms with van der Waals surface area (Å²) < 4.78 is 37.4. The van der Waals surface area contributed by atoms with E-state index in [4.69, 9.17) is 0 Å². The minimum Gasteiger partial charge on any atom is -0.311 e. The molecule has 19 heavy (non-hydrogen) atoms. The van der Waals surface area contributed by atoms with Gasteiger partial charge in [-0.2, -0.15) is 13.2 Å². The Kier molecular flexibility index (Phi) is 3.80. The maximum atomic E-state index is 12.5. The monoisotopic (exact) mass is 272 g/mol. The quantitative estimate of drug-likeness (QED) is 0.896. The molecule has 1 atom stereocenters. The SMILES string of the molecule is CNC1CCCN(c2ccc(C(F)(F)F)cc2)C1=O.